The maximum atomic E-state index is 13.2. The van der Waals surface area contributed by atoms with Crippen molar-refractivity contribution >= 4 is 17.7 Å². The third-order valence-electron chi connectivity index (χ3n) is 5.86. The number of esters is 1. The van der Waals surface area contributed by atoms with Gasteiger partial charge in [0.15, 0.2) is 6.10 Å². The molecule has 0 aliphatic heterocycles. The molecule has 0 aliphatic carbocycles. The molecule has 0 radical (unpaired) electrons. The molecule has 1 N–H and O–H groups in total. The first-order valence-corrected chi connectivity index (χ1v) is 11.8. The van der Waals surface area contributed by atoms with Crippen LogP contribution in [0.25, 0.3) is 0 Å². The largest absolute Gasteiger partial charge is 0.448 e. The van der Waals surface area contributed by atoms with Gasteiger partial charge in [-0.25, -0.2) is 0 Å². The minimum atomic E-state index is -1.11. The van der Waals surface area contributed by atoms with E-state index < -0.39 is 18.0 Å². The summed E-state index contributed by atoms with van der Waals surface area (Å²) in [5.41, 5.74) is 3.65. The lowest BCUT2D eigenvalue weighted by molar-refractivity contribution is -0.147. The number of benzene rings is 4. The van der Waals surface area contributed by atoms with Gasteiger partial charge in [0.1, 0.15) is 6.54 Å². The van der Waals surface area contributed by atoms with Crippen LogP contribution in [0.1, 0.15) is 44.6 Å². The summed E-state index contributed by atoms with van der Waals surface area (Å²) in [6.45, 7) is 1.57. The Balaban J connectivity index is 1.49. The molecular formula is C31H27NO4. The van der Waals surface area contributed by atoms with Crippen molar-refractivity contribution in [1.29, 1.82) is 0 Å². The summed E-state index contributed by atoms with van der Waals surface area (Å²) in [5.74, 6) is -1.94. The van der Waals surface area contributed by atoms with Crippen LogP contribution in [-0.4, -0.2) is 24.2 Å². The number of amides is 1. The van der Waals surface area contributed by atoms with Crippen LogP contribution in [0.4, 0.5) is 0 Å². The summed E-state index contributed by atoms with van der Waals surface area (Å²) in [5, 5.41) is 2.70. The van der Waals surface area contributed by atoms with E-state index in [1.54, 1.807) is 36.4 Å². The molecule has 5 nitrogen and oxygen atoms in total. The molecule has 1 atom stereocenters. The van der Waals surface area contributed by atoms with Gasteiger partial charge in [-0.3, -0.25) is 14.4 Å². The van der Waals surface area contributed by atoms with Crippen LogP contribution >= 0.6 is 0 Å². The monoisotopic (exact) mass is 477 g/mol. The van der Waals surface area contributed by atoms with E-state index >= 15 is 0 Å². The molecule has 0 unspecified atom stereocenters. The summed E-state index contributed by atoms with van der Waals surface area (Å²) < 4.78 is 5.62. The zero-order valence-corrected chi connectivity index (χ0v) is 20.0. The van der Waals surface area contributed by atoms with E-state index in [1.807, 2.05) is 85.8 Å². The van der Waals surface area contributed by atoms with E-state index in [0.29, 0.717) is 11.1 Å². The molecule has 180 valence electrons. The fourth-order valence-corrected chi connectivity index (χ4v) is 3.99. The van der Waals surface area contributed by atoms with Crippen molar-refractivity contribution < 1.29 is 19.1 Å². The summed E-state index contributed by atoms with van der Waals surface area (Å²) >= 11 is 0. The number of hydrogen-bond acceptors (Lipinski definition) is 4. The Morgan fingerprint density at radius 2 is 1.14 bits per heavy atom. The molecule has 0 spiro atoms. The van der Waals surface area contributed by atoms with E-state index in [0.717, 1.165) is 16.7 Å². The lowest BCUT2D eigenvalue weighted by atomic mass is 9.90. The van der Waals surface area contributed by atoms with Crippen LogP contribution in [-0.2, 0) is 14.3 Å². The van der Waals surface area contributed by atoms with E-state index in [1.165, 1.54) is 0 Å². The molecule has 4 rings (SSSR count). The molecule has 0 heterocycles. The van der Waals surface area contributed by atoms with Crippen LogP contribution in [0.15, 0.2) is 115 Å². The Hall–Kier alpha value is -4.51. The molecule has 4 aromatic carbocycles. The minimum absolute atomic E-state index is 0.327. The number of aryl methyl sites for hydroxylation is 1. The van der Waals surface area contributed by atoms with Gasteiger partial charge in [0.05, 0.1) is 5.92 Å². The predicted molar refractivity (Wildman–Crippen MR) is 139 cm³/mol. The first-order chi connectivity index (χ1) is 17.5. The van der Waals surface area contributed by atoms with Crippen LogP contribution in [0.3, 0.4) is 0 Å². The van der Waals surface area contributed by atoms with Crippen molar-refractivity contribution in [2.45, 2.75) is 18.9 Å². The van der Waals surface area contributed by atoms with Gasteiger partial charge in [-0.1, -0.05) is 121 Å². The SMILES string of the molecule is Cc1ccc(C(=O)[C@@H](OC(=O)CNC(=O)C(c2ccccc2)c2ccccc2)c2ccccc2)cc1. The number of nitrogens with one attached hydrogen (secondary N) is 1. The second-order valence-corrected chi connectivity index (χ2v) is 8.48. The van der Waals surface area contributed by atoms with Gasteiger partial charge in [0, 0.05) is 11.1 Å². The Morgan fingerprint density at radius 3 is 1.64 bits per heavy atom. The summed E-state index contributed by atoms with van der Waals surface area (Å²) in [6, 6.07) is 34.7. The zero-order chi connectivity index (χ0) is 25.3. The summed E-state index contributed by atoms with van der Waals surface area (Å²) in [6.07, 6.45) is -1.11. The number of hydrogen-bond donors (Lipinski definition) is 1. The molecule has 0 aliphatic rings. The molecule has 4 aromatic rings. The van der Waals surface area contributed by atoms with E-state index in [9.17, 15) is 14.4 Å². The maximum Gasteiger partial charge on any atom is 0.326 e. The second-order valence-electron chi connectivity index (χ2n) is 8.48. The molecule has 0 fully saturated rings. The van der Waals surface area contributed by atoms with Gasteiger partial charge in [-0.15, -0.1) is 0 Å². The van der Waals surface area contributed by atoms with Crippen molar-refractivity contribution in [3.8, 4) is 0 Å². The normalized spacial score (nSPS) is 11.5. The fourth-order valence-electron chi connectivity index (χ4n) is 3.99. The van der Waals surface area contributed by atoms with Crippen molar-refractivity contribution in [1.82, 2.24) is 5.32 Å². The van der Waals surface area contributed by atoms with E-state index in [2.05, 4.69) is 5.32 Å². The van der Waals surface area contributed by atoms with Crippen molar-refractivity contribution in [2.24, 2.45) is 0 Å². The standard InChI is InChI=1S/C31H27NO4/c1-22-17-19-25(20-18-22)29(34)30(26-15-9-4-10-16-26)36-27(33)21-32-31(35)28(23-11-5-2-6-12-23)24-13-7-3-8-14-24/h2-20,28,30H,21H2,1H3,(H,32,35)/t30-/m0/s1. The van der Waals surface area contributed by atoms with Crippen LogP contribution in [0.2, 0.25) is 0 Å². The molecule has 36 heavy (non-hydrogen) atoms. The minimum Gasteiger partial charge on any atom is -0.448 e. The van der Waals surface area contributed by atoms with Gasteiger partial charge < -0.3 is 10.1 Å². The number of Topliss-reactive ketones (excluding diaryl/α,β-unsaturated/α-hetero) is 1. The molecular weight excluding hydrogens is 450 g/mol. The Kier molecular flexibility index (Phi) is 8.04. The van der Waals surface area contributed by atoms with Gasteiger partial charge in [-0.2, -0.15) is 0 Å². The van der Waals surface area contributed by atoms with E-state index in [-0.39, 0.29) is 18.2 Å². The van der Waals surface area contributed by atoms with Crippen molar-refractivity contribution in [2.75, 3.05) is 6.54 Å². The van der Waals surface area contributed by atoms with Gasteiger partial charge in [0.2, 0.25) is 11.7 Å². The molecule has 0 saturated carbocycles. The number of rotatable bonds is 9. The second kappa shape index (κ2) is 11.8. The van der Waals surface area contributed by atoms with Gasteiger partial charge in [0.25, 0.3) is 0 Å². The molecule has 5 heteroatoms. The molecule has 0 saturated heterocycles. The fraction of sp³-hybridized carbons (Fsp3) is 0.129. The highest BCUT2D eigenvalue weighted by Gasteiger charge is 2.27. The zero-order valence-electron chi connectivity index (χ0n) is 20.0. The van der Waals surface area contributed by atoms with Crippen molar-refractivity contribution in [3.05, 3.63) is 143 Å². The number of ketones is 1. The summed E-state index contributed by atoms with van der Waals surface area (Å²) in [4.78, 5) is 39.3. The third-order valence-corrected chi connectivity index (χ3v) is 5.86. The molecule has 0 bridgehead atoms. The summed E-state index contributed by atoms with van der Waals surface area (Å²) in [7, 11) is 0. The first kappa shape index (κ1) is 24.6. The lowest BCUT2D eigenvalue weighted by Crippen LogP contribution is -2.36. The van der Waals surface area contributed by atoms with Gasteiger partial charge in [-0.05, 0) is 18.1 Å². The Morgan fingerprint density at radius 1 is 0.667 bits per heavy atom. The number of carbonyl (C=O) groups is 3. The Bertz CT molecular complexity index is 1260. The van der Waals surface area contributed by atoms with Crippen LogP contribution < -0.4 is 5.32 Å². The molecule has 0 aromatic heterocycles. The topological polar surface area (TPSA) is 72.5 Å². The van der Waals surface area contributed by atoms with Crippen LogP contribution in [0.5, 0.6) is 0 Å². The average Bonchev–Trinajstić information content (AvgIpc) is 2.92. The van der Waals surface area contributed by atoms with Crippen LogP contribution in [0, 0.1) is 6.92 Å². The number of carbonyl (C=O) groups excluding carboxylic acids is 3. The van der Waals surface area contributed by atoms with E-state index in [4.69, 9.17) is 4.74 Å². The lowest BCUT2D eigenvalue weighted by Gasteiger charge is -2.20. The van der Waals surface area contributed by atoms with Crippen molar-refractivity contribution in [3.63, 3.8) is 0 Å². The molecule has 1 amide bonds. The smallest absolute Gasteiger partial charge is 0.326 e. The predicted octanol–water partition coefficient (Wildman–Crippen LogP) is 5.41. The Labute approximate surface area is 210 Å². The van der Waals surface area contributed by atoms with Gasteiger partial charge >= 0.3 is 5.97 Å². The maximum absolute atomic E-state index is 13.2. The third kappa shape index (κ3) is 6.13. The highest BCUT2D eigenvalue weighted by Crippen LogP contribution is 2.25. The highest BCUT2D eigenvalue weighted by molar-refractivity contribution is 6.01. The average molecular weight is 478 g/mol. The highest BCUT2D eigenvalue weighted by atomic mass is 16.5. The first-order valence-electron chi connectivity index (χ1n) is 11.8. The quantitative estimate of drug-likeness (QED) is 0.258. The number of ether oxygens (including phenoxy) is 1.